The van der Waals surface area contributed by atoms with E-state index in [4.69, 9.17) is 14.2 Å². The van der Waals surface area contributed by atoms with Gasteiger partial charge in [-0.15, -0.1) is 0 Å². The lowest BCUT2D eigenvalue weighted by Gasteiger charge is -2.33. The van der Waals surface area contributed by atoms with Crippen LogP contribution in [0.1, 0.15) is 46.5 Å². The van der Waals surface area contributed by atoms with Crippen LogP contribution in [0.3, 0.4) is 0 Å². The van der Waals surface area contributed by atoms with E-state index in [0.29, 0.717) is 32.2 Å². The monoisotopic (exact) mass is 410 g/mol. The Morgan fingerprint density at radius 3 is 2.34 bits per heavy atom. The number of nitrogens with one attached hydrogen (secondary N) is 1. The number of ether oxygens (including phenoxy) is 3. The average molecular weight is 410 g/mol. The Morgan fingerprint density at radius 2 is 1.76 bits per heavy atom. The van der Waals surface area contributed by atoms with Crippen molar-refractivity contribution < 1.29 is 33.4 Å². The number of amides is 2. The second-order valence-electron chi connectivity index (χ2n) is 9.06. The highest BCUT2D eigenvalue weighted by Crippen LogP contribution is 2.63. The molecule has 2 aliphatic carbocycles. The SMILES string of the molecule is COC(=O)[C@H]1[C@@H]2CC[C@@](NC(=O)[C@@H]3CCCN3C(=O)OC(C)(C)C)(C(=O)OC)[C@@H]21. The summed E-state index contributed by atoms with van der Waals surface area (Å²) in [4.78, 5) is 51.8. The fourth-order valence-electron chi connectivity index (χ4n) is 4.92. The summed E-state index contributed by atoms with van der Waals surface area (Å²) in [7, 11) is 2.58. The highest BCUT2D eigenvalue weighted by atomic mass is 16.6. The summed E-state index contributed by atoms with van der Waals surface area (Å²) < 4.78 is 15.2. The number of rotatable bonds is 4. The molecule has 3 aliphatic rings. The molecule has 1 aliphatic heterocycles. The number of carbonyl (C=O) groups excluding carboxylic acids is 4. The molecule has 0 aromatic heterocycles. The molecule has 9 heteroatoms. The van der Waals surface area contributed by atoms with E-state index in [9.17, 15) is 19.2 Å². The highest BCUT2D eigenvalue weighted by Gasteiger charge is 2.72. The lowest BCUT2D eigenvalue weighted by molar-refractivity contribution is -0.153. The van der Waals surface area contributed by atoms with Gasteiger partial charge in [0.2, 0.25) is 5.91 Å². The van der Waals surface area contributed by atoms with Crippen LogP contribution >= 0.6 is 0 Å². The number of methoxy groups -OCH3 is 2. The molecule has 3 fully saturated rings. The van der Waals surface area contributed by atoms with E-state index in [-0.39, 0.29) is 17.8 Å². The third-order valence-electron chi connectivity index (χ3n) is 6.16. The van der Waals surface area contributed by atoms with E-state index in [0.717, 1.165) is 0 Å². The number of fused-ring (bicyclic) bond motifs is 1. The number of likely N-dealkylation sites (tertiary alicyclic amines) is 1. The fraction of sp³-hybridized carbons (Fsp3) is 0.800. The molecule has 29 heavy (non-hydrogen) atoms. The molecule has 0 aromatic rings. The van der Waals surface area contributed by atoms with Crippen LogP contribution in [0.5, 0.6) is 0 Å². The summed E-state index contributed by atoms with van der Waals surface area (Å²) in [6.07, 6.45) is 1.62. The minimum atomic E-state index is -1.27. The molecule has 1 heterocycles. The third kappa shape index (κ3) is 3.79. The lowest BCUT2D eigenvalue weighted by Crippen LogP contribution is -2.60. The summed E-state index contributed by atoms with van der Waals surface area (Å²) in [6.45, 7) is 5.71. The maximum Gasteiger partial charge on any atom is 0.410 e. The van der Waals surface area contributed by atoms with Gasteiger partial charge < -0.3 is 19.5 Å². The van der Waals surface area contributed by atoms with Crippen molar-refractivity contribution in [2.75, 3.05) is 20.8 Å². The van der Waals surface area contributed by atoms with Crippen LogP contribution < -0.4 is 5.32 Å². The molecular weight excluding hydrogens is 380 g/mol. The standard InChI is InChI=1S/C20H30N2O7/c1-19(2,3)29-18(26)22-10-6-7-12(22)15(23)21-20(17(25)28-5)9-8-11-13(14(11)20)16(24)27-4/h11-14H,6-10H2,1-5H3,(H,21,23)/t11-,12-,13-,14-,20-/m0/s1. The Bertz CT molecular complexity index is 716. The number of hydrogen-bond acceptors (Lipinski definition) is 7. The van der Waals surface area contributed by atoms with Gasteiger partial charge in [0.1, 0.15) is 17.2 Å². The van der Waals surface area contributed by atoms with Crippen molar-refractivity contribution in [3.63, 3.8) is 0 Å². The zero-order valence-electron chi connectivity index (χ0n) is 17.6. The first-order valence-corrected chi connectivity index (χ1v) is 10.0. The Labute approximate surface area is 170 Å². The van der Waals surface area contributed by atoms with Gasteiger partial charge >= 0.3 is 18.0 Å². The van der Waals surface area contributed by atoms with Crippen LogP contribution in [0.25, 0.3) is 0 Å². The lowest BCUT2D eigenvalue weighted by atomic mass is 9.89. The molecule has 0 bridgehead atoms. The molecule has 0 spiro atoms. The smallest absolute Gasteiger partial charge is 0.410 e. The molecule has 0 unspecified atom stereocenters. The van der Waals surface area contributed by atoms with Gasteiger partial charge in [0, 0.05) is 12.5 Å². The van der Waals surface area contributed by atoms with E-state index in [1.807, 2.05) is 0 Å². The van der Waals surface area contributed by atoms with E-state index < -0.39 is 41.1 Å². The minimum absolute atomic E-state index is 0.00705. The first-order chi connectivity index (χ1) is 13.6. The topological polar surface area (TPSA) is 111 Å². The molecule has 0 radical (unpaired) electrons. The van der Waals surface area contributed by atoms with Crippen LogP contribution in [-0.4, -0.2) is 66.8 Å². The van der Waals surface area contributed by atoms with Crippen molar-refractivity contribution in [3.8, 4) is 0 Å². The van der Waals surface area contributed by atoms with Crippen LogP contribution in [0, 0.1) is 17.8 Å². The van der Waals surface area contributed by atoms with Gasteiger partial charge in [-0.2, -0.15) is 0 Å². The van der Waals surface area contributed by atoms with Crippen molar-refractivity contribution in [2.24, 2.45) is 17.8 Å². The zero-order chi connectivity index (χ0) is 21.6. The molecule has 162 valence electrons. The molecule has 1 N–H and O–H groups in total. The number of carbonyl (C=O) groups is 4. The third-order valence-corrected chi connectivity index (χ3v) is 6.16. The van der Waals surface area contributed by atoms with Crippen LogP contribution in [0.4, 0.5) is 4.79 Å². The van der Waals surface area contributed by atoms with Crippen molar-refractivity contribution in [3.05, 3.63) is 0 Å². The van der Waals surface area contributed by atoms with Crippen molar-refractivity contribution >= 4 is 23.9 Å². The van der Waals surface area contributed by atoms with Gasteiger partial charge in [-0.05, 0) is 52.4 Å². The van der Waals surface area contributed by atoms with Crippen molar-refractivity contribution in [1.82, 2.24) is 10.2 Å². The normalized spacial score (nSPS) is 32.9. The van der Waals surface area contributed by atoms with Gasteiger partial charge in [-0.25, -0.2) is 9.59 Å². The van der Waals surface area contributed by atoms with Gasteiger partial charge in [-0.1, -0.05) is 0 Å². The van der Waals surface area contributed by atoms with E-state index in [2.05, 4.69) is 5.32 Å². The second kappa shape index (κ2) is 7.50. The van der Waals surface area contributed by atoms with Gasteiger partial charge in [0.25, 0.3) is 0 Å². The summed E-state index contributed by atoms with van der Waals surface area (Å²) in [5.74, 6) is -2.13. The van der Waals surface area contributed by atoms with Crippen LogP contribution in [-0.2, 0) is 28.6 Å². The van der Waals surface area contributed by atoms with E-state index in [1.54, 1.807) is 20.8 Å². The van der Waals surface area contributed by atoms with Crippen LogP contribution in [0.2, 0.25) is 0 Å². The summed E-state index contributed by atoms with van der Waals surface area (Å²) in [6, 6.07) is -0.722. The molecule has 9 nitrogen and oxygen atoms in total. The molecular formula is C20H30N2O7. The quantitative estimate of drug-likeness (QED) is 0.548. The summed E-state index contributed by atoms with van der Waals surface area (Å²) >= 11 is 0. The zero-order valence-corrected chi connectivity index (χ0v) is 17.6. The Balaban J connectivity index is 1.77. The fourth-order valence-corrected chi connectivity index (χ4v) is 4.92. The van der Waals surface area contributed by atoms with Gasteiger partial charge in [0.05, 0.1) is 20.1 Å². The van der Waals surface area contributed by atoms with Crippen molar-refractivity contribution in [1.29, 1.82) is 0 Å². The number of hydrogen-bond donors (Lipinski definition) is 1. The highest BCUT2D eigenvalue weighted by molar-refractivity contribution is 5.94. The van der Waals surface area contributed by atoms with E-state index in [1.165, 1.54) is 19.1 Å². The first kappa shape index (κ1) is 21.4. The van der Waals surface area contributed by atoms with Gasteiger partial charge in [-0.3, -0.25) is 14.5 Å². The maximum atomic E-state index is 13.1. The average Bonchev–Trinajstić information content (AvgIpc) is 3.01. The molecule has 2 amide bonds. The predicted molar refractivity (Wildman–Crippen MR) is 101 cm³/mol. The van der Waals surface area contributed by atoms with E-state index >= 15 is 0 Å². The Kier molecular flexibility index (Phi) is 5.53. The molecule has 5 atom stereocenters. The molecule has 0 aromatic carbocycles. The van der Waals surface area contributed by atoms with Crippen molar-refractivity contribution in [2.45, 2.75) is 63.6 Å². The molecule has 3 rings (SSSR count). The summed E-state index contributed by atoms with van der Waals surface area (Å²) in [5.41, 5.74) is -1.94. The Morgan fingerprint density at radius 1 is 1.07 bits per heavy atom. The maximum absolute atomic E-state index is 13.1. The second-order valence-corrected chi connectivity index (χ2v) is 9.06. The predicted octanol–water partition coefficient (Wildman–Crippen LogP) is 1.24. The number of esters is 2. The van der Waals surface area contributed by atoms with Gasteiger partial charge in [0.15, 0.2) is 0 Å². The minimum Gasteiger partial charge on any atom is -0.469 e. The Hall–Kier alpha value is -2.32. The largest absolute Gasteiger partial charge is 0.469 e. The first-order valence-electron chi connectivity index (χ1n) is 10.0. The van der Waals surface area contributed by atoms with Crippen LogP contribution in [0.15, 0.2) is 0 Å². The summed E-state index contributed by atoms with van der Waals surface area (Å²) in [5, 5.41) is 2.86. The number of nitrogens with zero attached hydrogens (tertiary/aromatic N) is 1. The molecule has 1 saturated heterocycles. The molecule has 2 saturated carbocycles.